The van der Waals surface area contributed by atoms with Gasteiger partial charge in [0.2, 0.25) is 0 Å². The van der Waals surface area contributed by atoms with Crippen LogP contribution in [0.1, 0.15) is 51.0 Å². The normalized spacial score (nSPS) is 10.8. The molecule has 1 aromatic carbocycles. The van der Waals surface area contributed by atoms with Crippen molar-refractivity contribution >= 4 is 0 Å². The molecular weight excluding hydrogens is 262 g/mol. The lowest BCUT2D eigenvalue weighted by atomic mass is 10.1. The van der Waals surface area contributed by atoms with Crippen LogP contribution in [0.3, 0.4) is 0 Å². The zero-order valence-corrected chi connectivity index (χ0v) is 13.7. The van der Waals surface area contributed by atoms with Crippen molar-refractivity contribution in [2.75, 3.05) is 26.9 Å². The number of benzene rings is 1. The largest absolute Gasteiger partial charge is 0.493 e. The summed E-state index contributed by atoms with van der Waals surface area (Å²) in [5, 5.41) is 3.36. The van der Waals surface area contributed by atoms with Crippen LogP contribution in [0, 0.1) is 0 Å². The lowest BCUT2D eigenvalue weighted by molar-refractivity contribution is 0.199. The van der Waals surface area contributed by atoms with Crippen molar-refractivity contribution in [3.63, 3.8) is 0 Å². The number of rotatable bonds is 13. The van der Waals surface area contributed by atoms with Gasteiger partial charge in [0.1, 0.15) is 5.75 Å². The molecule has 1 N–H and O–H groups in total. The molecule has 0 amide bonds. The average molecular weight is 293 g/mol. The third kappa shape index (κ3) is 8.74. The maximum absolute atomic E-state index is 5.93. The molecule has 0 saturated carbocycles. The standard InChI is InChI=1S/C18H31NO2/c1-3-4-5-6-7-10-14-21-18-12-9-8-11-17(18)16-19-13-15-20-2/h8-9,11-12,19H,3-7,10,13-16H2,1-2H3. The summed E-state index contributed by atoms with van der Waals surface area (Å²) in [5.41, 5.74) is 1.22. The highest BCUT2D eigenvalue weighted by molar-refractivity contribution is 5.33. The molecule has 0 bridgehead atoms. The fourth-order valence-electron chi connectivity index (χ4n) is 2.25. The monoisotopic (exact) mass is 293 g/mol. The summed E-state index contributed by atoms with van der Waals surface area (Å²) in [6, 6.07) is 8.28. The van der Waals surface area contributed by atoms with Crippen LogP contribution < -0.4 is 10.1 Å². The SMILES string of the molecule is CCCCCCCCOc1ccccc1CNCCOC. The Morgan fingerprint density at radius 3 is 2.52 bits per heavy atom. The van der Waals surface area contributed by atoms with E-state index in [1.807, 2.05) is 6.07 Å². The number of ether oxygens (including phenoxy) is 2. The highest BCUT2D eigenvalue weighted by atomic mass is 16.5. The Balaban J connectivity index is 2.21. The van der Waals surface area contributed by atoms with Crippen LogP contribution in [0.25, 0.3) is 0 Å². The molecule has 0 aromatic heterocycles. The molecule has 120 valence electrons. The molecule has 0 fully saturated rings. The van der Waals surface area contributed by atoms with E-state index in [1.54, 1.807) is 7.11 Å². The van der Waals surface area contributed by atoms with Crippen molar-refractivity contribution in [3.05, 3.63) is 29.8 Å². The van der Waals surface area contributed by atoms with Gasteiger partial charge in [0, 0.05) is 25.8 Å². The first kappa shape index (κ1) is 18.0. The van der Waals surface area contributed by atoms with Gasteiger partial charge in [0.15, 0.2) is 0 Å². The number of unbranched alkanes of at least 4 members (excludes halogenated alkanes) is 5. The molecule has 0 aliphatic rings. The van der Waals surface area contributed by atoms with Gasteiger partial charge in [-0.15, -0.1) is 0 Å². The second-order valence-electron chi connectivity index (χ2n) is 5.39. The Bertz CT molecular complexity index is 355. The zero-order chi connectivity index (χ0) is 15.2. The molecule has 3 heteroatoms. The van der Waals surface area contributed by atoms with E-state index < -0.39 is 0 Å². The van der Waals surface area contributed by atoms with Crippen molar-refractivity contribution < 1.29 is 9.47 Å². The molecule has 0 heterocycles. The van der Waals surface area contributed by atoms with Gasteiger partial charge >= 0.3 is 0 Å². The third-order valence-corrected chi connectivity index (χ3v) is 3.53. The summed E-state index contributed by atoms with van der Waals surface area (Å²) >= 11 is 0. The summed E-state index contributed by atoms with van der Waals surface area (Å²) in [4.78, 5) is 0. The van der Waals surface area contributed by atoms with Gasteiger partial charge in [-0.2, -0.15) is 0 Å². The fourth-order valence-corrected chi connectivity index (χ4v) is 2.25. The van der Waals surface area contributed by atoms with E-state index in [4.69, 9.17) is 9.47 Å². The van der Waals surface area contributed by atoms with Gasteiger partial charge in [-0.25, -0.2) is 0 Å². The Morgan fingerprint density at radius 2 is 1.71 bits per heavy atom. The van der Waals surface area contributed by atoms with Gasteiger partial charge in [-0.05, 0) is 12.5 Å². The number of nitrogens with one attached hydrogen (secondary N) is 1. The predicted molar refractivity (Wildman–Crippen MR) is 88.9 cm³/mol. The van der Waals surface area contributed by atoms with Gasteiger partial charge in [0.05, 0.1) is 13.2 Å². The molecule has 0 aliphatic carbocycles. The molecule has 0 spiro atoms. The minimum Gasteiger partial charge on any atom is -0.493 e. The zero-order valence-electron chi connectivity index (χ0n) is 13.7. The van der Waals surface area contributed by atoms with Crippen LogP contribution in [0.15, 0.2) is 24.3 Å². The Kier molecular flexibility index (Phi) is 10.8. The second kappa shape index (κ2) is 12.7. The topological polar surface area (TPSA) is 30.5 Å². The van der Waals surface area contributed by atoms with Crippen LogP contribution in [0.2, 0.25) is 0 Å². The van der Waals surface area contributed by atoms with Gasteiger partial charge in [-0.3, -0.25) is 0 Å². The maximum Gasteiger partial charge on any atom is 0.123 e. The molecule has 21 heavy (non-hydrogen) atoms. The number of hydrogen-bond donors (Lipinski definition) is 1. The quantitative estimate of drug-likeness (QED) is 0.554. The van der Waals surface area contributed by atoms with E-state index in [1.165, 1.54) is 37.7 Å². The number of methoxy groups -OCH3 is 1. The maximum atomic E-state index is 5.93. The minimum atomic E-state index is 0.737. The summed E-state index contributed by atoms with van der Waals surface area (Å²) in [6.07, 6.45) is 7.77. The molecule has 1 rings (SSSR count). The third-order valence-electron chi connectivity index (χ3n) is 3.53. The highest BCUT2D eigenvalue weighted by Gasteiger charge is 2.02. The predicted octanol–water partition coefficient (Wildman–Crippen LogP) is 4.16. The molecule has 1 aromatic rings. The minimum absolute atomic E-state index is 0.737. The molecule has 0 saturated heterocycles. The van der Waals surface area contributed by atoms with Crippen molar-refractivity contribution in [3.8, 4) is 5.75 Å². The van der Waals surface area contributed by atoms with Crippen LogP contribution in [0.4, 0.5) is 0 Å². The second-order valence-corrected chi connectivity index (χ2v) is 5.39. The van der Waals surface area contributed by atoms with E-state index in [9.17, 15) is 0 Å². The summed E-state index contributed by atoms with van der Waals surface area (Å²) < 4.78 is 11.0. The van der Waals surface area contributed by atoms with Crippen LogP contribution in [0.5, 0.6) is 5.75 Å². The smallest absolute Gasteiger partial charge is 0.123 e. The molecule has 3 nitrogen and oxygen atoms in total. The number of hydrogen-bond acceptors (Lipinski definition) is 3. The Labute approximate surface area is 130 Å². The van der Waals surface area contributed by atoms with E-state index >= 15 is 0 Å². The first-order chi connectivity index (χ1) is 10.4. The molecule has 0 aliphatic heterocycles. The average Bonchev–Trinajstić information content (AvgIpc) is 2.52. The van der Waals surface area contributed by atoms with Gasteiger partial charge < -0.3 is 14.8 Å². The van der Waals surface area contributed by atoms with E-state index in [0.717, 1.165) is 38.5 Å². The molecule has 0 atom stereocenters. The van der Waals surface area contributed by atoms with Crippen molar-refractivity contribution in [2.24, 2.45) is 0 Å². The van der Waals surface area contributed by atoms with Crippen LogP contribution in [-0.4, -0.2) is 26.9 Å². The van der Waals surface area contributed by atoms with Crippen molar-refractivity contribution in [2.45, 2.75) is 52.0 Å². The highest BCUT2D eigenvalue weighted by Crippen LogP contribution is 2.18. The summed E-state index contributed by atoms with van der Waals surface area (Å²) in [5.74, 6) is 1.01. The van der Waals surface area contributed by atoms with E-state index in [0.29, 0.717) is 0 Å². The Hall–Kier alpha value is -1.06. The first-order valence-electron chi connectivity index (χ1n) is 8.28. The van der Waals surface area contributed by atoms with Crippen LogP contribution in [-0.2, 0) is 11.3 Å². The van der Waals surface area contributed by atoms with E-state index in [2.05, 4.69) is 30.4 Å². The van der Waals surface area contributed by atoms with Gasteiger partial charge in [0.25, 0.3) is 0 Å². The fraction of sp³-hybridized carbons (Fsp3) is 0.667. The lowest BCUT2D eigenvalue weighted by Crippen LogP contribution is -2.19. The lowest BCUT2D eigenvalue weighted by Gasteiger charge is -2.12. The Morgan fingerprint density at radius 1 is 0.952 bits per heavy atom. The summed E-state index contributed by atoms with van der Waals surface area (Å²) in [7, 11) is 1.72. The van der Waals surface area contributed by atoms with Crippen molar-refractivity contribution in [1.82, 2.24) is 5.32 Å². The van der Waals surface area contributed by atoms with Crippen molar-refractivity contribution in [1.29, 1.82) is 0 Å². The van der Waals surface area contributed by atoms with E-state index in [-0.39, 0.29) is 0 Å². The first-order valence-corrected chi connectivity index (χ1v) is 8.28. The van der Waals surface area contributed by atoms with Crippen LogP contribution >= 0.6 is 0 Å². The molecular formula is C18H31NO2. The molecule has 0 radical (unpaired) electrons. The number of para-hydroxylation sites is 1. The summed E-state index contributed by atoms with van der Waals surface area (Å²) in [6.45, 7) is 5.50. The van der Waals surface area contributed by atoms with Gasteiger partial charge in [-0.1, -0.05) is 57.2 Å². The molecule has 0 unspecified atom stereocenters.